The smallest absolute Gasteiger partial charge is 0.321 e. The molecule has 0 saturated carbocycles. The normalized spacial score (nSPS) is 18.5. The van der Waals surface area contributed by atoms with Gasteiger partial charge in [0.05, 0.1) is 6.61 Å². The van der Waals surface area contributed by atoms with Gasteiger partial charge in [-0.3, -0.25) is 4.90 Å². The third-order valence-corrected chi connectivity index (χ3v) is 7.24. The van der Waals surface area contributed by atoms with Gasteiger partial charge in [-0.25, -0.2) is 4.79 Å². The number of hydrogen-bond donors (Lipinski definition) is 1. The van der Waals surface area contributed by atoms with Crippen molar-refractivity contribution in [3.05, 3.63) is 59.7 Å². The molecule has 0 atom stereocenters. The highest BCUT2D eigenvalue weighted by molar-refractivity contribution is 5.89. The minimum Gasteiger partial charge on any atom is -0.493 e. The number of amides is 2. The van der Waals surface area contributed by atoms with Crippen LogP contribution < -0.4 is 10.1 Å². The summed E-state index contributed by atoms with van der Waals surface area (Å²) < 4.78 is 6.06. The zero-order chi connectivity index (χ0) is 23.3. The van der Waals surface area contributed by atoms with Gasteiger partial charge >= 0.3 is 6.03 Å². The number of carbonyl (C=O) groups is 1. The Labute approximate surface area is 199 Å². The van der Waals surface area contributed by atoms with Gasteiger partial charge in [-0.1, -0.05) is 44.2 Å². The lowest BCUT2D eigenvalue weighted by Crippen LogP contribution is -2.49. The van der Waals surface area contributed by atoms with E-state index in [1.54, 1.807) is 0 Å². The summed E-state index contributed by atoms with van der Waals surface area (Å²) in [6.45, 7) is 12.1. The van der Waals surface area contributed by atoms with Crippen LogP contribution in [0.15, 0.2) is 48.5 Å². The van der Waals surface area contributed by atoms with Gasteiger partial charge in [-0.15, -0.1) is 0 Å². The third-order valence-electron chi connectivity index (χ3n) is 7.24. The Morgan fingerprint density at radius 1 is 1.00 bits per heavy atom. The van der Waals surface area contributed by atoms with Gasteiger partial charge in [-0.2, -0.15) is 0 Å². The number of nitrogens with one attached hydrogen (secondary N) is 1. The molecule has 178 valence electrons. The van der Waals surface area contributed by atoms with Crippen LogP contribution in [-0.2, 0) is 6.54 Å². The summed E-state index contributed by atoms with van der Waals surface area (Å²) in [5.74, 6) is 1.55. The number of rotatable bonds is 6. The van der Waals surface area contributed by atoms with Gasteiger partial charge in [0.2, 0.25) is 0 Å². The molecule has 2 aliphatic rings. The SMILES string of the molecule is Cc1cccc(NC(=O)N2CCC3(CCN(Cc4ccccc4OCC(C)C)CC3)CC2)c1. The van der Waals surface area contributed by atoms with Crippen molar-refractivity contribution in [3.8, 4) is 5.75 Å². The summed E-state index contributed by atoms with van der Waals surface area (Å²) in [6.07, 6.45) is 4.65. The molecule has 2 heterocycles. The van der Waals surface area contributed by atoms with Crippen molar-refractivity contribution in [3.63, 3.8) is 0 Å². The van der Waals surface area contributed by atoms with Gasteiger partial charge < -0.3 is 15.0 Å². The van der Waals surface area contributed by atoms with Crippen molar-refractivity contribution in [1.82, 2.24) is 9.80 Å². The third kappa shape index (κ3) is 6.29. The topological polar surface area (TPSA) is 44.8 Å². The van der Waals surface area contributed by atoms with Gasteiger partial charge in [0.1, 0.15) is 5.75 Å². The zero-order valence-corrected chi connectivity index (χ0v) is 20.5. The lowest BCUT2D eigenvalue weighted by Gasteiger charge is -2.47. The van der Waals surface area contributed by atoms with Crippen LogP contribution in [-0.4, -0.2) is 48.6 Å². The molecule has 0 unspecified atom stereocenters. The molecule has 2 fully saturated rings. The van der Waals surface area contributed by atoms with E-state index in [4.69, 9.17) is 4.74 Å². The maximum atomic E-state index is 12.7. The van der Waals surface area contributed by atoms with Crippen molar-refractivity contribution in [1.29, 1.82) is 0 Å². The number of hydrogen-bond acceptors (Lipinski definition) is 3. The monoisotopic (exact) mass is 449 g/mol. The lowest BCUT2D eigenvalue weighted by molar-refractivity contribution is 0.0439. The molecule has 5 nitrogen and oxygen atoms in total. The molecule has 2 aromatic carbocycles. The molecule has 0 aromatic heterocycles. The van der Waals surface area contributed by atoms with E-state index in [9.17, 15) is 4.79 Å². The van der Waals surface area contributed by atoms with Crippen molar-refractivity contribution in [2.75, 3.05) is 38.1 Å². The van der Waals surface area contributed by atoms with Crippen LogP contribution in [0, 0.1) is 18.3 Å². The highest BCUT2D eigenvalue weighted by Crippen LogP contribution is 2.41. The van der Waals surface area contributed by atoms with Crippen molar-refractivity contribution < 1.29 is 9.53 Å². The summed E-state index contributed by atoms with van der Waals surface area (Å²) in [4.78, 5) is 17.3. The second-order valence-electron chi connectivity index (χ2n) is 10.4. The number of anilines is 1. The molecule has 0 bridgehead atoms. The first kappa shape index (κ1) is 23.6. The van der Waals surface area contributed by atoms with E-state index >= 15 is 0 Å². The summed E-state index contributed by atoms with van der Waals surface area (Å²) in [6, 6.07) is 16.5. The molecule has 5 heteroatoms. The van der Waals surface area contributed by atoms with E-state index in [1.807, 2.05) is 36.1 Å². The molecular weight excluding hydrogens is 410 g/mol. The maximum Gasteiger partial charge on any atom is 0.321 e. The van der Waals surface area contributed by atoms with E-state index in [1.165, 1.54) is 18.4 Å². The van der Waals surface area contributed by atoms with E-state index in [-0.39, 0.29) is 6.03 Å². The van der Waals surface area contributed by atoms with Crippen LogP contribution in [0.25, 0.3) is 0 Å². The second-order valence-corrected chi connectivity index (χ2v) is 10.4. The average molecular weight is 450 g/mol. The van der Waals surface area contributed by atoms with Crippen molar-refractivity contribution >= 4 is 11.7 Å². The van der Waals surface area contributed by atoms with Crippen molar-refractivity contribution in [2.45, 2.75) is 53.0 Å². The van der Waals surface area contributed by atoms with Gasteiger partial charge in [-0.05, 0) is 80.8 Å². The number of nitrogens with zero attached hydrogens (tertiary/aromatic N) is 2. The Morgan fingerprint density at radius 2 is 1.70 bits per heavy atom. The Balaban J connectivity index is 1.25. The second kappa shape index (κ2) is 10.6. The molecule has 2 aliphatic heterocycles. The molecule has 0 aliphatic carbocycles. The van der Waals surface area contributed by atoms with Crippen LogP contribution >= 0.6 is 0 Å². The molecule has 2 saturated heterocycles. The van der Waals surface area contributed by atoms with Crippen molar-refractivity contribution in [2.24, 2.45) is 11.3 Å². The Bertz CT molecular complexity index is 924. The molecule has 1 N–H and O–H groups in total. The predicted molar refractivity (Wildman–Crippen MR) is 135 cm³/mol. The molecule has 2 aromatic rings. The molecule has 2 amide bonds. The van der Waals surface area contributed by atoms with E-state index in [2.05, 4.69) is 48.3 Å². The fourth-order valence-electron chi connectivity index (χ4n) is 5.07. The first-order chi connectivity index (χ1) is 15.9. The highest BCUT2D eigenvalue weighted by Gasteiger charge is 2.38. The van der Waals surface area contributed by atoms with Gasteiger partial charge in [0.15, 0.2) is 0 Å². The van der Waals surface area contributed by atoms with Gasteiger partial charge in [0, 0.05) is 30.9 Å². The number of ether oxygens (including phenoxy) is 1. The zero-order valence-electron chi connectivity index (χ0n) is 20.5. The predicted octanol–water partition coefficient (Wildman–Crippen LogP) is 5.94. The van der Waals surface area contributed by atoms with Crippen LogP contribution in [0.5, 0.6) is 5.75 Å². The van der Waals surface area contributed by atoms with Crippen LogP contribution in [0.2, 0.25) is 0 Å². The minimum atomic E-state index is 0.0332. The number of urea groups is 1. The van der Waals surface area contributed by atoms with Crippen LogP contribution in [0.3, 0.4) is 0 Å². The first-order valence-corrected chi connectivity index (χ1v) is 12.5. The standard InChI is InChI=1S/C28H39N3O2/c1-22(2)21-33-26-10-5-4-8-24(26)20-30-15-11-28(12-16-30)13-17-31(18-14-28)27(32)29-25-9-6-7-23(3)19-25/h4-10,19,22H,11-18,20-21H2,1-3H3,(H,29,32). The number of aryl methyl sites for hydroxylation is 1. The van der Waals surface area contributed by atoms with Crippen LogP contribution in [0.1, 0.15) is 50.7 Å². The number of carbonyl (C=O) groups excluding carboxylic acids is 1. The van der Waals surface area contributed by atoms with E-state index in [0.29, 0.717) is 11.3 Å². The Hall–Kier alpha value is -2.53. The Kier molecular flexibility index (Phi) is 7.59. The fourth-order valence-corrected chi connectivity index (χ4v) is 5.07. The minimum absolute atomic E-state index is 0.0332. The molecule has 0 radical (unpaired) electrons. The average Bonchev–Trinajstić information content (AvgIpc) is 2.80. The Morgan fingerprint density at radius 3 is 2.39 bits per heavy atom. The number of likely N-dealkylation sites (tertiary alicyclic amines) is 2. The molecular formula is C28H39N3O2. The summed E-state index contributed by atoms with van der Waals surface area (Å²) >= 11 is 0. The quantitative estimate of drug-likeness (QED) is 0.594. The molecule has 1 spiro atoms. The fraction of sp³-hybridized carbons (Fsp3) is 0.536. The molecule has 4 rings (SSSR count). The summed E-state index contributed by atoms with van der Waals surface area (Å²) in [5, 5.41) is 3.07. The lowest BCUT2D eigenvalue weighted by atomic mass is 9.71. The first-order valence-electron chi connectivity index (χ1n) is 12.5. The summed E-state index contributed by atoms with van der Waals surface area (Å²) in [7, 11) is 0. The largest absolute Gasteiger partial charge is 0.493 e. The van der Waals surface area contributed by atoms with Crippen LogP contribution in [0.4, 0.5) is 10.5 Å². The highest BCUT2D eigenvalue weighted by atomic mass is 16.5. The number of piperidine rings is 2. The number of para-hydroxylation sites is 1. The molecule has 33 heavy (non-hydrogen) atoms. The summed E-state index contributed by atoms with van der Waals surface area (Å²) in [5.41, 5.74) is 3.72. The number of benzene rings is 2. The maximum absolute atomic E-state index is 12.7. The van der Waals surface area contributed by atoms with E-state index in [0.717, 1.165) is 69.2 Å². The van der Waals surface area contributed by atoms with E-state index < -0.39 is 0 Å². The van der Waals surface area contributed by atoms with Gasteiger partial charge in [0.25, 0.3) is 0 Å².